The van der Waals surface area contributed by atoms with Crippen LogP contribution in [0, 0.1) is 0 Å². The maximum Gasteiger partial charge on any atom is 0.407 e. The minimum Gasteiger partial charge on any atom is -0.450 e. The van der Waals surface area contributed by atoms with E-state index in [4.69, 9.17) is 4.74 Å². The molecule has 0 aromatic heterocycles. The number of nitrogens with one attached hydrogen (secondary N) is 3. The zero-order valence-electron chi connectivity index (χ0n) is 13.3. The molecule has 1 aliphatic heterocycles. The molecule has 3 N–H and O–H groups in total. The number of hydrogen-bond acceptors (Lipinski definition) is 5. The van der Waals surface area contributed by atoms with E-state index in [0.717, 1.165) is 31.1 Å². The monoisotopic (exact) mass is 347 g/mol. The summed E-state index contributed by atoms with van der Waals surface area (Å²) in [5, 5.41) is 9.06. The predicted molar refractivity (Wildman–Crippen MR) is 86.7 cm³/mol. The fourth-order valence-corrected chi connectivity index (χ4v) is 3.30. The highest BCUT2D eigenvalue weighted by Crippen LogP contribution is 2.07. The van der Waals surface area contributed by atoms with Gasteiger partial charge in [0.2, 0.25) is 0 Å². The van der Waals surface area contributed by atoms with E-state index in [1.54, 1.807) is 6.92 Å². The maximum absolute atomic E-state index is 11.6. The summed E-state index contributed by atoms with van der Waals surface area (Å²) in [5.41, 5.74) is 0. The Labute approximate surface area is 136 Å². The number of ether oxygens (including phenoxy) is 1. The summed E-state index contributed by atoms with van der Waals surface area (Å²) >= 11 is 0. The molecule has 0 saturated heterocycles. The van der Waals surface area contributed by atoms with Gasteiger partial charge in [-0.15, -0.1) is 0 Å². The topological polar surface area (TPSA) is 114 Å². The maximum atomic E-state index is 11.6. The van der Waals surface area contributed by atoms with E-state index < -0.39 is 22.0 Å². The van der Waals surface area contributed by atoms with E-state index in [0.29, 0.717) is 19.7 Å². The van der Waals surface area contributed by atoms with Crippen LogP contribution in [0.3, 0.4) is 0 Å². The standard InChI is InChI=1S/C14H25N3O5S/c1-2-22-14(19)16-9-6-4-3-5-8-15-13(18)17-12-7-10-23(20,21)11-12/h7,10,12H,2-6,8-9,11H2,1H3,(H,16,19)(H2,15,17,18). The van der Waals surface area contributed by atoms with Crippen LogP contribution in [0.25, 0.3) is 0 Å². The Balaban J connectivity index is 1.94. The highest BCUT2D eigenvalue weighted by atomic mass is 32.2. The van der Waals surface area contributed by atoms with Gasteiger partial charge in [0.15, 0.2) is 9.84 Å². The zero-order valence-corrected chi connectivity index (χ0v) is 14.2. The van der Waals surface area contributed by atoms with E-state index >= 15 is 0 Å². The van der Waals surface area contributed by atoms with Crippen molar-refractivity contribution >= 4 is 22.0 Å². The Hall–Kier alpha value is -1.77. The summed E-state index contributed by atoms with van der Waals surface area (Å²) in [4.78, 5) is 22.6. The van der Waals surface area contributed by atoms with Crippen molar-refractivity contribution in [2.24, 2.45) is 0 Å². The lowest BCUT2D eigenvalue weighted by molar-refractivity contribution is 0.152. The number of alkyl carbamates (subject to hydrolysis) is 1. The van der Waals surface area contributed by atoms with Gasteiger partial charge >= 0.3 is 12.1 Å². The second kappa shape index (κ2) is 10.1. The quantitative estimate of drug-likeness (QED) is 0.536. The first-order valence-corrected chi connectivity index (χ1v) is 9.50. The Morgan fingerprint density at radius 2 is 1.78 bits per heavy atom. The van der Waals surface area contributed by atoms with Gasteiger partial charge in [-0.2, -0.15) is 0 Å². The Morgan fingerprint density at radius 1 is 1.13 bits per heavy atom. The van der Waals surface area contributed by atoms with Crippen LogP contribution in [0.5, 0.6) is 0 Å². The van der Waals surface area contributed by atoms with Crippen molar-refractivity contribution in [2.75, 3.05) is 25.4 Å². The molecule has 0 saturated carbocycles. The number of urea groups is 1. The molecule has 1 heterocycles. The number of hydrogen-bond donors (Lipinski definition) is 3. The molecule has 1 aliphatic rings. The molecule has 1 atom stereocenters. The summed E-state index contributed by atoms with van der Waals surface area (Å²) < 4.78 is 27.1. The van der Waals surface area contributed by atoms with E-state index in [9.17, 15) is 18.0 Å². The van der Waals surface area contributed by atoms with E-state index in [-0.39, 0.29) is 11.8 Å². The van der Waals surface area contributed by atoms with Crippen LogP contribution < -0.4 is 16.0 Å². The molecule has 132 valence electrons. The van der Waals surface area contributed by atoms with Crippen LogP contribution in [0.1, 0.15) is 32.6 Å². The molecule has 0 radical (unpaired) electrons. The molecule has 0 aromatic carbocycles. The Morgan fingerprint density at radius 3 is 2.35 bits per heavy atom. The van der Waals surface area contributed by atoms with Crippen molar-refractivity contribution in [3.8, 4) is 0 Å². The average molecular weight is 347 g/mol. The predicted octanol–water partition coefficient (Wildman–Crippen LogP) is 0.903. The summed E-state index contributed by atoms with van der Waals surface area (Å²) in [6.45, 7) is 3.22. The molecule has 0 bridgehead atoms. The van der Waals surface area contributed by atoms with Gasteiger partial charge in [0.25, 0.3) is 0 Å². The van der Waals surface area contributed by atoms with Crippen molar-refractivity contribution in [2.45, 2.75) is 38.6 Å². The normalized spacial score (nSPS) is 18.4. The van der Waals surface area contributed by atoms with Gasteiger partial charge < -0.3 is 20.7 Å². The number of rotatable bonds is 9. The lowest BCUT2D eigenvalue weighted by Crippen LogP contribution is -2.42. The highest BCUT2D eigenvalue weighted by Gasteiger charge is 2.22. The molecule has 0 aliphatic carbocycles. The average Bonchev–Trinajstić information content (AvgIpc) is 2.81. The van der Waals surface area contributed by atoms with Gasteiger partial charge in [-0.1, -0.05) is 12.8 Å². The van der Waals surface area contributed by atoms with Crippen LogP contribution in [0.4, 0.5) is 9.59 Å². The molecule has 1 rings (SSSR count). The van der Waals surface area contributed by atoms with Gasteiger partial charge in [-0.05, 0) is 25.8 Å². The van der Waals surface area contributed by atoms with Crippen LogP contribution in [-0.4, -0.2) is 52.0 Å². The number of carbonyl (C=O) groups is 2. The lowest BCUT2D eigenvalue weighted by atomic mass is 10.2. The Kier molecular flexibility index (Phi) is 8.46. The third-order valence-corrected chi connectivity index (χ3v) is 4.58. The van der Waals surface area contributed by atoms with Gasteiger partial charge in [-0.25, -0.2) is 18.0 Å². The molecule has 0 aromatic rings. The molecule has 0 spiro atoms. The summed E-state index contributed by atoms with van der Waals surface area (Å²) in [6, 6.07) is -0.810. The van der Waals surface area contributed by atoms with Gasteiger partial charge in [0, 0.05) is 18.5 Å². The molecule has 9 heteroatoms. The Bertz CT molecular complexity index is 519. The van der Waals surface area contributed by atoms with E-state index in [1.165, 1.54) is 6.08 Å². The van der Waals surface area contributed by atoms with Crippen LogP contribution in [0.15, 0.2) is 11.5 Å². The number of sulfone groups is 1. The van der Waals surface area contributed by atoms with Gasteiger partial charge in [0.1, 0.15) is 0 Å². The summed E-state index contributed by atoms with van der Waals surface area (Å²) in [7, 11) is -3.15. The fraction of sp³-hybridized carbons (Fsp3) is 0.714. The lowest BCUT2D eigenvalue weighted by Gasteiger charge is -2.11. The van der Waals surface area contributed by atoms with Gasteiger partial charge in [0.05, 0.1) is 18.4 Å². The third-order valence-electron chi connectivity index (χ3n) is 3.18. The van der Waals surface area contributed by atoms with Crippen molar-refractivity contribution in [1.29, 1.82) is 0 Å². The first kappa shape index (κ1) is 19.3. The van der Waals surface area contributed by atoms with Crippen molar-refractivity contribution in [3.05, 3.63) is 11.5 Å². The first-order chi connectivity index (χ1) is 10.9. The fourth-order valence-electron chi connectivity index (χ4n) is 2.06. The number of unbranched alkanes of at least 4 members (excludes halogenated alkanes) is 3. The van der Waals surface area contributed by atoms with Crippen molar-refractivity contribution < 1.29 is 22.7 Å². The molecular formula is C14H25N3O5S. The molecule has 0 fully saturated rings. The largest absolute Gasteiger partial charge is 0.450 e. The number of carbonyl (C=O) groups excluding carboxylic acids is 2. The summed E-state index contributed by atoms with van der Waals surface area (Å²) in [6.07, 6.45) is 4.64. The zero-order chi connectivity index (χ0) is 17.1. The first-order valence-electron chi connectivity index (χ1n) is 7.79. The van der Waals surface area contributed by atoms with E-state index in [2.05, 4.69) is 16.0 Å². The minimum absolute atomic E-state index is 0.0755. The second-order valence-corrected chi connectivity index (χ2v) is 7.16. The van der Waals surface area contributed by atoms with Crippen LogP contribution >= 0.6 is 0 Å². The smallest absolute Gasteiger partial charge is 0.407 e. The molecule has 3 amide bonds. The highest BCUT2D eigenvalue weighted by molar-refractivity contribution is 7.94. The summed E-state index contributed by atoms with van der Waals surface area (Å²) in [5.74, 6) is -0.0755. The van der Waals surface area contributed by atoms with Crippen LogP contribution in [-0.2, 0) is 14.6 Å². The van der Waals surface area contributed by atoms with E-state index in [1.807, 2.05) is 0 Å². The third kappa shape index (κ3) is 9.07. The molecule has 23 heavy (non-hydrogen) atoms. The molecule has 8 nitrogen and oxygen atoms in total. The minimum atomic E-state index is -3.15. The van der Waals surface area contributed by atoms with Crippen molar-refractivity contribution in [1.82, 2.24) is 16.0 Å². The molecule has 1 unspecified atom stereocenters. The second-order valence-electron chi connectivity index (χ2n) is 5.23. The SMILES string of the molecule is CCOC(=O)NCCCCCCNC(=O)NC1C=CS(=O)(=O)C1. The molecular weight excluding hydrogens is 322 g/mol. The number of amides is 3. The van der Waals surface area contributed by atoms with Gasteiger partial charge in [-0.3, -0.25) is 0 Å². The van der Waals surface area contributed by atoms with Crippen molar-refractivity contribution in [3.63, 3.8) is 0 Å². The van der Waals surface area contributed by atoms with Crippen LogP contribution in [0.2, 0.25) is 0 Å².